The minimum absolute atomic E-state index is 0.0340. The molecular formula is C46H71N5O4. The lowest BCUT2D eigenvalue weighted by Gasteiger charge is -2.71. The van der Waals surface area contributed by atoms with E-state index in [1.165, 1.54) is 5.57 Å². The van der Waals surface area contributed by atoms with Crippen LogP contribution in [-0.2, 0) is 14.3 Å². The molecule has 9 nitrogen and oxygen atoms in total. The summed E-state index contributed by atoms with van der Waals surface area (Å²) in [7, 11) is 4.33. The SMILES string of the molecule is CC(C)[C@@H](C)[C@@]1(C)CC[C@]2(C)[C@H]3CC[C@@H]4C5(COC[C@]4(C)[C@@H](OC[C@](C)(N(C)C)C(C)(C)C)[C@H](n4ncnc4-c4ccncc4)C5)C3=CC[C@@]2(C)[C@@H]1C(=O)O. The minimum Gasteiger partial charge on any atom is -0.481 e. The first-order valence-electron chi connectivity index (χ1n) is 21.2. The Labute approximate surface area is 331 Å². The van der Waals surface area contributed by atoms with Crippen molar-refractivity contribution >= 4 is 5.97 Å². The van der Waals surface area contributed by atoms with E-state index < -0.39 is 11.9 Å². The van der Waals surface area contributed by atoms with Gasteiger partial charge in [0.2, 0.25) is 0 Å². The number of rotatable bonds is 9. The number of hydrogen-bond acceptors (Lipinski definition) is 7. The number of carboxylic acids is 1. The van der Waals surface area contributed by atoms with E-state index in [1.807, 2.05) is 24.5 Å². The number of aromatic nitrogens is 4. The highest BCUT2D eigenvalue weighted by Crippen LogP contribution is 2.75. The van der Waals surface area contributed by atoms with Gasteiger partial charge in [0, 0.05) is 34.3 Å². The van der Waals surface area contributed by atoms with Gasteiger partial charge in [-0.15, -0.1) is 0 Å². The molecule has 0 radical (unpaired) electrons. The Morgan fingerprint density at radius 3 is 2.35 bits per heavy atom. The predicted octanol–water partition coefficient (Wildman–Crippen LogP) is 9.22. The molecular weight excluding hydrogens is 687 g/mol. The molecule has 3 heterocycles. The van der Waals surface area contributed by atoms with Gasteiger partial charge in [-0.1, -0.05) is 80.9 Å². The number of fused-ring (bicyclic) bond motifs is 3. The van der Waals surface area contributed by atoms with Gasteiger partial charge in [0.05, 0.1) is 37.9 Å². The number of likely N-dealkylation sites (N-methyl/N-ethyl adjacent to an activating group) is 1. The summed E-state index contributed by atoms with van der Waals surface area (Å²) < 4.78 is 16.5. The summed E-state index contributed by atoms with van der Waals surface area (Å²) in [5, 5.41) is 16.2. The quantitative estimate of drug-likeness (QED) is 0.253. The largest absolute Gasteiger partial charge is 0.481 e. The number of nitrogens with zero attached hydrogens (tertiary/aromatic N) is 5. The van der Waals surface area contributed by atoms with Crippen molar-refractivity contribution < 1.29 is 19.4 Å². The topological polar surface area (TPSA) is 103 Å². The number of carbonyl (C=O) groups is 1. The van der Waals surface area contributed by atoms with Crippen molar-refractivity contribution in [2.45, 2.75) is 132 Å². The Bertz CT molecular complexity index is 1780. The van der Waals surface area contributed by atoms with Crippen LogP contribution in [0.4, 0.5) is 0 Å². The van der Waals surface area contributed by atoms with Gasteiger partial charge in [-0.05, 0) is 117 Å². The first-order valence-corrected chi connectivity index (χ1v) is 21.2. The van der Waals surface area contributed by atoms with E-state index in [2.05, 4.69) is 111 Å². The number of hydrogen-bond donors (Lipinski definition) is 1. The zero-order valence-electron chi connectivity index (χ0n) is 36.3. The van der Waals surface area contributed by atoms with Crippen molar-refractivity contribution in [2.75, 3.05) is 33.9 Å². The summed E-state index contributed by atoms with van der Waals surface area (Å²) in [4.78, 5) is 25.1. The molecule has 2 aromatic heterocycles. The van der Waals surface area contributed by atoms with Crippen LogP contribution in [0.25, 0.3) is 11.4 Å². The van der Waals surface area contributed by atoms with Crippen molar-refractivity contribution in [3.05, 3.63) is 42.5 Å². The molecule has 4 fully saturated rings. The molecule has 3 saturated carbocycles. The second-order valence-corrected chi connectivity index (χ2v) is 21.5. The van der Waals surface area contributed by atoms with Crippen molar-refractivity contribution in [2.24, 2.45) is 62.1 Å². The van der Waals surface area contributed by atoms with Gasteiger partial charge in [0.25, 0.3) is 0 Å². The van der Waals surface area contributed by atoms with Crippen LogP contribution < -0.4 is 0 Å². The number of pyridine rings is 1. The van der Waals surface area contributed by atoms with Crippen LogP contribution in [0.3, 0.4) is 0 Å². The van der Waals surface area contributed by atoms with Gasteiger partial charge in [-0.25, -0.2) is 9.67 Å². The highest BCUT2D eigenvalue weighted by atomic mass is 16.5. The average Bonchev–Trinajstić information content (AvgIpc) is 3.60. The normalized spacial score (nSPS) is 40.4. The van der Waals surface area contributed by atoms with Crippen LogP contribution in [0.5, 0.6) is 0 Å². The molecule has 9 heteroatoms. The zero-order valence-corrected chi connectivity index (χ0v) is 36.3. The number of aliphatic carboxylic acids is 1. The molecule has 0 aromatic carbocycles. The first kappa shape index (κ1) is 40.6. The highest BCUT2D eigenvalue weighted by molar-refractivity contribution is 5.73. The van der Waals surface area contributed by atoms with Crippen LogP contribution in [0.15, 0.2) is 42.5 Å². The van der Waals surface area contributed by atoms with Gasteiger partial charge < -0.3 is 19.5 Å². The molecule has 1 N–H and O–H groups in total. The van der Waals surface area contributed by atoms with Crippen LogP contribution in [0.1, 0.15) is 121 Å². The van der Waals surface area contributed by atoms with Gasteiger partial charge in [-0.2, -0.15) is 5.10 Å². The second kappa shape index (κ2) is 13.5. The summed E-state index contributed by atoms with van der Waals surface area (Å²) in [5.74, 6) is 1.19. The Balaban J connectivity index is 1.36. The molecule has 0 spiro atoms. The fourth-order valence-electron chi connectivity index (χ4n) is 13.6. The third kappa shape index (κ3) is 5.69. The molecule has 304 valence electrons. The van der Waals surface area contributed by atoms with E-state index in [4.69, 9.17) is 19.6 Å². The highest BCUT2D eigenvalue weighted by Gasteiger charge is 2.72. The summed E-state index contributed by atoms with van der Waals surface area (Å²) in [6.07, 6.45) is 13.5. The van der Waals surface area contributed by atoms with E-state index in [0.29, 0.717) is 43.5 Å². The molecule has 1 aliphatic heterocycles. The lowest BCUT2D eigenvalue weighted by Crippen LogP contribution is -2.69. The second-order valence-electron chi connectivity index (χ2n) is 21.5. The van der Waals surface area contributed by atoms with Gasteiger partial charge >= 0.3 is 5.97 Å². The van der Waals surface area contributed by atoms with E-state index in [0.717, 1.165) is 49.9 Å². The molecule has 55 heavy (non-hydrogen) atoms. The molecule has 4 aliphatic carbocycles. The summed E-state index contributed by atoms with van der Waals surface area (Å²) in [5.41, 5.74) is 0.973. The summed E-state index contributed by atoms with van der Waals surface area (Å²) >= 11 is 0. The van der Waals surface area contributed by atoms with Crippen LogP contribution in [0, 0.1) is 62.1 Å². The molecule has 1 unspecified atom stereocenters. The standard InChI is InChI=1S/C46H71N5O4/c1-29(2)30(3)41(7)20-21-43(9)32-14-15-35-42(8)25-54-27-46(35,33(32)16-19-44(43,10)36(41)39(52)53)24-34(37(42)55-26-45(11,50(12)13)40(4,5)6)51-38(48-28-49-51)31-17-22-47-23-18-31/h16-18,22-23,28-30,32,34-37H,14-15,19-21,24-27H2,1-13H3,(H,52,53)/t30-,32+,34-,35+,36-,37+,41-,42+,43-,44+,45+,46?/m1/s1. The molecule has 7 rings (SSSR count). The molecule has 1 saturated heterocycles. The van der Waals surface area contributed by atoms with Crippen LogP contribution in [0.2, 0.25) is 0 Å². The molecule has 0 amide bonds. The minimum atomic E-state index is -0.617. The van der Waals surface area contributed by atoms with Crippen LogP contribution in [-0.4, -0.2) is 81.3 Å². The fourth-order valence-corrected chi connectivity index (χ4v) is 13.6. The van der Waals surface area contributed by atoms with Crippen molar-refractivity contribution in [1.82, 2.24) is 24.6 Å². The first-order chi connectivity index (χ1) is 25.6. The predicted molar refractivity (Wildman–Crippen MR) is 217 cm³/mol. The monoisotopic (exact) mass is 758 g/mol. The summed E-state index contributed by atoms with van der Waals surface area (Å²) in [6.45, 7) is 27.5. The average molecular weight is 758 g/mol. The van der Waals surface area contributed by atoms with E-state index in [-0.39, 0.29) is 50.2 Å². The van der Waals surface area contributed by atoms with E-state index >= 15 is 0 Å². The lowest BCUT2D eigenvalue weighted by molar-refractivity contribution is -0.256. The van der Waals surface area contributed by atoms with Crippen molar-refractivity contribution in [3.8, 4) is 11.4 Å². The molecule has 12 atom stereocenters. The Kier molecular flexibility index (Phi) is 9.94. The fraction of sp³-hybridized carbons (Fsp3) is 0.783. The van der Waals surface area contributed by atoms with E-state index in [1.54, 1.807) is 6.33 Å². The maximum absolute atomic E-state index is 13.6. The number of carboxylic acid groups (broad SMARTS) is 1. The van der Waals surface area contributed by atoms with E-state index in [9.17, 15) is 9.90 Å². The molecule has 2 aromatic rings. The maximum atomic E-state index is 13.6. The molecule has 5 aliphatic rings. The van der Waals surface area contributed by atoms with Gasteiger partial charge in [0.1, 0.15) is 6.33 Å². The smallest absolute Gasteiger partial charge is 0.307 e. The third-order valence-corrected chi connectivity index (χ3v) is 18.1. The summed E-state index contributed by atoms with van der Waals surface area (Å²) in [6, 6.07) is 3.95. The zero-order chi connectivity index (χ0) is 40.1. The lowest BCUT2D eigenvalue weighted by atomic mass is 9.34. The van der Waals surface area contributed by atoms with Gasteiger partial charge in [-0.3, -0.25) is 9.78 Å². The third-order valence-electron chi connectivity index (χ3n) is 18.1. The number of ether oxygens (including phenoxy) is 2. The maximum Gasteiger partial charge on any atom is 0.307 e. The molecule has 2 bridgehead atoms. The Morgan fingerprint density at radius 1 is 1.04 bits per heavy atom. The van der Waals surface area contributed by atoms with Crippen molar-refractivity contribution in [3.63, 3.8) is 0 Å². The van der Waals surface area contributed by atoms with Gasteiger partial charge in [0.15, 0.2) is 5.82 Å². The Hall–Kier alpha value is -2.62. The Morgan fingerprint density at radius 2 is 1.73 bits per heavy atom. The number of allylic oxidation sites excluding steroid dienone is 1. The van der Waals surface area contributed by atoms with Crippen LogP contribution >= 0.6 is 0 Å². The van der Waals surface area contributed by atoms with Crippen molar-refractivity contribution in [1.29, 1.82) is 0 Å².